The predicted molar refractivity (Wildman–Crippen MR) is 185 cm³/mol. The average Bonchev–Trinajstić information content (AvgIpc) is 3.00. The molecule has 0 aromatic rings. The van der Waals surface area contributed by atoms with Gasteiger partial charge in [0.1, 0.15) is 12.6 Å². The smallest absolute Gasteiger partial charge is 0.306 e. The van der Waals surface area contributed by atoms with Gasteiger partial charge in [-0.2, -0.15) is 0 Å². The number of nitrogens with zero attached hydrogens (tertiary/aromatic N) is 1. The molecule has 266 valence electrons. The number of esters is 2. The van der Waals surface area contributed by atoms with Crippen molar-refractivity contribution in [2.75, 3.05) is 41.0 Å². The molecule has 0 N–H and O–H groups in total. The van der Waals surface area contributed by atoms with Gasteiger partial charge in [0, 0.05) is 19.3 Å². The maximum atomic E-state index is 12.6. The minimum absolute atomic E-state index is 0.0299. The van der Waals surface area contributed by atoms with E-state index in [0.717, 1.165) is 57.8 Å². The maximum absolute atomic E-state index is 12.6. The summed E-state index contributed by atoms with van der Waals surface area (Å²) in [7, 11) is 5.38. The summed E-state index contributed by atoms with van der Waals surface area (Å²) in [5.74, 6) is -1.79. The first-order valence-electron chi connectivity index (χ1n) is 18.0. The van der Waals surface area contributed by atoms with Gasteiger partial charge in [0.05, 0.1) is 40.3 Å². The number of rotatable bonds is 31. The van der Waals surface area contributed by atoms with Crippen molar-refractivity contribution in [2.24, 2.45) is 0 Å². The molecule has 0 amide bonds. The quantitative estimate of drug-likeness (QED) is 0.0334. The van der Waals surface area contributed by atoms with Crippen LogP contribution in [0.3, 0.4) is 0 Å². The summed E-state index contributed by atoms with van der Waals surface area (Å²) in [6.07, 6.45) is 30.3. The largest absolute Gasteiger partial charge is 0.544 e. The third kappa shape index (κ3) is 27.8. The number of likely N-dealkylation sites (N-methyl/N-ethyl adjacent to an activating group) is 1. The molecule has 0 fully saturated rings. The van der Waals surface area contributed by atoms with Crippen molar-refractivity contribution >= 4 is 17.9 Å². The van der Waals surface area contributed by atoms with E-state index in [0.29, 0.717) is 12.8 Å². The highest BCUT2D eigenvalue weighted by molar-refractivity contribution is 5.70. The van der Waals surface area contributed by atoms with Crippen LogP contribution in [0.4, 0.5) is 0 Å². The molecule has 0 heterocycles. The number of quaternary nitrogens is 1. The van der Waals surface area contributed by atoms with E-state index in [4.69, 9.17) is 14.2 Å². The second-order valence-electron chi connectivity index (χ2n) is 13.1. The SMILES string of the molecule is CC/C=C/C/C=C/C/C=C/CCCCC(=O)OCC(COCCC(C(=O)[O-])[N+](C)(C)C)OC(=O)CCCCCCCCCCCC. The Kier molecular flexibility index (Phi) is 28.3. The lowest BCUT2D eigenvalue weighted by molar-refractivity contribution is -0.889. The molecule has 0 aliphatic carbocycles. The molecule has 0 aromatic heterocycles. The van der Waals surface area contributed by atoms with Gasteiger partial charge in [-0.25, -0.2) is 0 Å². The van der Waals surface area contributed by atoms with Gasteiger partial charge in [0.2, 0.25) is 0 Å². The zero-order valence-corrected chi connectivity index (χ0v) is 30.0. The number of carbonyl (C=O) groups is 3. The fourth-order valence-corrected chi connectivity index (χ4v) is 4.97. The maximum Gasteiger partial charge on any atom is 0.306 e. The van der Waals surface area contributed by atoms with Gasteiger partial charge in [0.15, 0.2) is 6.10 Å². The normalized spacial score (nSPS) is 13.5. The Morgan fingerprint density at radius 1 is 0.674 bits per heavy atom. The first kappa shape index (κ1) is 43.5. The highest BCUT2D eigenvalue weighted by Crippen LogP contribution is 2.13. The molecule has 0 rings (SSSR count). The van der Waals surface area contributed by atoms with E-state index in [1.54, 1.807) is 21.1 Å². The Bertz CT molecular complexity index is 860. The molecule has 0 radical (unpaired) electrons. The lowest BCUT2D eigenvalue weighted by Gasteiger charge is -2.34. The molecule has 8 heteroatoms. The van der Waals surface area contributed by atoms with Crippen LogP contribution < -0.4 is 5.11 Å². The van der Waals surface area contributed by atoms with Crippen molar-refractivity contribution in [1.29, 1.82) is 0 Å². The molecular formula is C38H67NO7. The summed E-state index contributed by atoms with van der Waals surface area (Å²) in [5, 5.41) is 11.5. The molecule has 0 saturated carbocycles. The van der Waals surface area contributed by atoms with E-state index in [1.807, 2.05) is 0 Å². The standard InChI is InChI=1S/C38H67NO7/c1-6-8-10-12-14-16-18-19-21-22-24-26-28-36(40)45-33-34(32-44-31-30-35(38(42)43)39(3,4)5)46-37(41)29-27-25-23-20-17-15-13-11-9-7-2/h8,10,14,16,19,21,34-35H,6-7,9,11-13,15,17-18,20,22-33H2,1-5H3/b10-8+,16-14+,21-19+. The van der Waals surface area contributed by atoms with Crippen molar-refractivity contribution in [1.82, 2.24) is 0 Å². The van der Waals surface area contributed by atoms with Gasteiger partial charge in [-0.05, 0) is 44.9 Å². The van der Waals surface area contributed by atoms with Crippen LogP contribution in [0.2, 0.25) is 0 Å². The molecule has 0 aromatic carbocycles. The number of hydrogen-bond donors (Lipinski definition) is 0. The molecule has 0 bridgehead atoms. The van der Waals surface area contributed by atoms with Crippen molar-refractivity contribution in [3.8, 4) is 0 Å². The van der Waals surface area contributed by atoms with Crippen LogP contribution in [-0.4, -0.2) is 75.5 Å². The molecule has 2 atom stereocenters. The van der Waals surface area contributed by atoms with Crippen LogP contribution in [0, 0.1) is 0 Å². The van der Waals surface area contributed by atoms with E-state index in [-0.39, 0.29) is 42.7 Å². The van der Waals surface area contributed by atoms with Crippen molar-refractivity contribution < 1.29 is 38.2 Å². The van der Waals surface area contributed by atoms with Gasteiger partial charge in [-0.15, -0.1) is 0 Å². The molecule has 0 aliphatic heterocycles. The van der Waals surface area contributed by atoms with Gasteiger partial charge >= 0.3 is 11.9 Å². The third-order valence-electron chi connectivity index (χ3n) is 7.79. The van der Waals surface area contributed by atoms with Crippen LogP contribution in [0.15, 0.2) is 36.5 Å². The van der Waals surface area contributed by atoms with Crippen molar-refractivity contribution in [2.45, 2.75) is 148 Å². The first-order valence-corrected chi connectivity index (χ1v) is 18.0. The number of unbranched alkanes of at least 4 members (excludes halogenated alkanes) is 11. The van der Waals surface area contributed by atoms with E-state index in [2.05, 4.69) is 50.3 Å². The molecule has 2 unspecified atom stereocenters. The Balaban J connectivity index is 4.52. The lowest BCUT2D eigenvalue weighted by atomic mass is 10.1. The number of hydrogen-bond acceptors (Lipinski definition) is 7. The summed E-state index contributed by atoms with van der Waals surface area (Å²) in [6, 6.07) is -0.727. The monoisotopic (exact) mass is 649 g/mol. The Labute approximate surface area is 281 Å². The fraction of sp³-hybridized carbons (Fsp3) is 0.763. The van der Waals surface area contributed by atoms with Gasteiger partial charge in [0.25, 0.3) is 0 Å². The lowest BCUT2D eigenvalue weighted by Crippen LogP contribution is -2.55. The van der Waals surface area contributed by atoms with E-state index >= 15 is 0 Å². The third-order valence-corrected chi connectivity index (χ3v) is 7.79. The van der Waals surface area contributed by atoms with Gasteiger partial charge < -0.3 is 28.6 Å². The summed E-state index contributed by atoms with van der Waals surface area (Å²) >= 11 is 0. The van der Waals surface area contributed by atoms with Crippen LogP contribution in [0.1, 0.15) is 136 Å². The van der Waals surface area contributed by atoms with Gasteiger partial charge in [-0.3, -0.25) is 9.59 Å². The molecule has 46 heavy (non-hydrogen) atoms. The number of carboxylic acid groups (broad SMARTS) is 1. The summed E-state index contributed by atoms with van der Waals surface area (Å²) in [5.41, 5.74) is 0. The Morgan fingerprint density at radius 2 is 1.22 bits per heavy atom. The average molecular weight is 650 g/mol. The Hall–Kier alpha value is -2.45. The minimum atomic E-state index is -1.13. The van der Waals surface area contributed by atoms with Crippen LogP contribution >= 0.6 is 0 Å². The topological polar surface area (TPSA) is 102 Å². The van der Waals surface area contributed by atoms with Crippen molar-refractivity contribution in [3.05, 3.63) is 36.5 Å². The highest BCUT2D eigenvalue weighted by atomic mass is 16.6. The summed E-state index contributed by atoms with van der Waals surface area (Å²) in [4.78, 5) is 36.5. The minimum Gasteiger partial charge on any atom is -0.544 e. The Morgan fingerprint density at radius 3 is 1.80 bits per heavy atom. The van der Waals surface area contributed by atoms with E-state index in [9.17, 15) is 19.5 Å². The zero-order valence-electron chi connectivity index (χ0n) is 30.0. The van der Waals surface area contributed by atoms with Crippen molar-refractivity contribution in [3.63, 3.8) is 0 Å². The molecule has 0 spiro atoms. The predicted octanol–water partition coefficient (Wildman–Crippen LogP) is 7.40. The number of carbonyl (C=O) groups excluding carboxylic acids is 3. The molecule has 0 aliphatic rings. The number of carboxylic acids is 1. The second kappa shape index (κ2) is 29.9. The van der Waals surface area contributed by atoms with E-state index in [1.165, 1.54) is 44.9 Å². The number of allylic oxidation sites excluding steroid dienone is 6. The number of aliphatic carboxylic acids is 1. The first-order chi connectivity index (χ1) is 22.1. The fourth-order valence-electron chi connectivity index (χ4n) is 4.97. The zero-order chi connectivity index (χ0) is 34.3. The van der Waals surface area contributed by atoms with Gasteiger partial charge in [-0.1, -0.05) is 108 Å². The van der Waals surface area contributed by atoms with E-state index < -0.39 is 18.1 Å². The summed E-state index contributed by atoms with van der Waals surface area (Å²) in [6.45, 7) is 4.46. The van der Waals surface area contributed by atoms with Crippen LogP contribution in [-0.2, 0) is 28.6 Å². The molecule has 0 saturated heterocycles. The number of ether oxygens (including phenoxy) is 3. The van der Waals surface area contributed by atoms with Crippen LogP contribution in [0.5, 0.6) is 0 Å². The summed E-state index contributed by atoms with van der Waals surface area (Å²) < 4.78 is 17.0. The second-order valence-corrected chi connectivity index (χ2v) is 13.1. The highest BCUT2D eigenvalue weighted by Gasteiger charge is 2.25. The van der Waals surface area contributed by atoms with Crippen LogP contribution in [0.25, 0.3) is 0 Å². The molecular weight excluding hydrogens is 582 g/mol. The molecule has 8 nitrogen and oxygen atoms in total.